The van der Waals surface area contributed by atoms with Crippen molar-refractivity contribution in [2.75, 3.05) is 26.4 Å². The van der Waals surface area contributed by atoms with Crippen molar-refractivity contribution in [2.24, 2.45) is 7.05 Å². The van der Waals surface area contributed by atoms with Crippen molar-refractivity contribution in [3.63, 3.8) is 0 Å². The van der Waals surface area contributed by atoms with E-state index >= 15 is 0 Å². The number of nitrogens with zero attached hydrogens (tertiary/aromatic N) is 2. The molecule has 0 fully saturated rings. The predicted octanol–water partition coefficient (Wildman–Crippen LogP) is 2.68. The summed E-state index contributed by atoms with van der Waals surface area (Å²) in [6.45, 7) is 2.57. The van der Waals surface area contributed by atoms with E-state index in [1.165, 1.54) is 12.1 Å². The Balaban J connectivity index is 1.59. The van der Waals surface area contributed by atoms with Crippen molar-refractivity contribution >= 4 is 5.91 Å². The zero-order valence-corrected chi connectivity index (χ0v) is 21.4. The van der Waals surface area contributed by atoms with E-state index in [1.807, 2.05) is 44.3 Å². The number of rotatable bonds is 11. The molecule has 4 rings (SSSR count). The molecule has 0 aliphatic carbocycles. The summed E-state index contributed by atoms with van der Waals surface area (Å²) in [5.74, 6) is -1.23. The number of halogens is 1. The molecule has 0 saturated carbocycles. The molecule has 2 N–H and O–H groups in total. The van der Waals surface area contributed by atoms with Gasteiger partial charge in [0.2, 0.25) is 6.29 Å². The minimum absolute atomic E-state index is 0.0403. The van der Waals surface area contributed by atoms with Crippen LogP contribution in [0.15, 0.2) is 71.2 Å². The van der Waals surface area contributed by atoms with Crippen molar-refractivity contribution in [2.45, 2.75) is 32.1 Å². The van der Waals surface area contributed by atoms with E-state index in [4.69, 9.17) is 19.3 Å². The van der Waals surface area contributed by atoms with Crippen LogP contribution >= 0.6 is 0 Å². The summed E-state index contributed by atoms with van der Waals surface area (Å²) in [5.41, 5.74) is 2.59. The summed E-state index contributed by atoms with van der Waals surface area (Å²) < 4.78 is 33.6. The average molecular weight is 526 g/mol. The lowest BCUT2D eigenvalue weighted by Gasteiger charge is -2.29. The molecular weight excluding hydrogens is 493 g/mol. The molecule has 0 bridgehead atoms. The molecule has 0 unspecified atom stereocenters. The SMILES string of the molecule is Cc1c([C@H]2C=C(C(=O)NCc3ccc(F)cc3)O[C@@H](OCCOCCO)C2)c(=O)n(-c2ccccc2)n1C. The third kappa shape index (κ3) is 6.39. The number of nitrogens with one attached hydrogen (secondary N) is 1. The second-order valence-corrected chi connectivity index (χ2v) is 8.91. The van der Waals surface area contributed by atoms with Crippen molar-refractivity contribution in [1.29, 1.82) is 0 Å². The third-order valence-electron chi connectivity index (χ3n) is 6.38. The number of carbonyl (C=O) groups excluding carboxylic acids is 1. The highest BCUT2D eigenvalue weighted by atomic mass is 19.1. The smallest absolute Gasteiger partial charge is 0.286 e. The van der Waals surface area contributed by atoms with Crippen LogP contribution in [0.1, 0.15) is 29.2 Å². The van der Waals surface area contributed by atoms with Gasteiger partial charge in [0.1, 0.15) is 5.82 Å². The normalized spacial score (nSPS) is 17.1. The highest BCUT2D eigenvalue weighted by Gasteiger charge is 2.33. The zero-order valence-electron chi connectivity index (χ0n) is 21.4. The summed E-state index contributed by atoms with van der Waals surface area (Å²) >= 11 is 0. The fraction of sp³-hybridized carbons (Fsp3) is 0.357. The quantitative estimate of drug-likeness (QED) is 0.373. The predicted molar refractivity (Wildman–Crippen MR) is 138 cm³/mol. The van der Waals surface area contributed by atoms with E-state index in [-0.39, 0.29) is 50.1 Å². The second kappa shape index (κ2) is 12.7. The summed E-state index contributed by atoms with van der Waals surface area (Å²) in [5, 5.41) is 11.7. The number of allylic oxidation sites excluding steroid dienone is 1. The lowest BCUT2D eigenvalue weighted by molar-refractivity contribution is -0.151. The fourth-order valence-electron chi connectivity index (χ4n) is 4.41. The Bertz CT molecular complexity index is 1320. The Morgan fingerprint density at radius 3 is 2.58 bits per heavy atom. The number of benzene rings is 2. The molecule has 38 heavy (non-hydrogen) atoms. The minimum atomic E-state index is -0.793. The van der Waals surface area contributed by atoms with Crippen LogP contribution in [0.2, 0.25) is 0 Å². The zero-order chi connectivity index (χ0) is 27.1. The number of hydrogen-bond acceptors (Lipinski definition) is 6. The topological polar surface area (TPSA) is 104 Å². The summed E-state index contributed by atoms with van der Waals surface area (Å²) in [7, 11) is 1.82. The van der Waals surface area contributed by atoms with Gasteiger partial charge in [-0.2, -0.15) is 0 Å². The lowest BCUT2D eigenvalue weighted by atomic mass is 9.93. The first-order chi connectivity index (χ1) is 18.4. The van der Waals surface area contributed by atoms with Crippen LogP contribution in [0.4, 0.5) is 4.39 Å². The van der Waals surface area contributed by atoms with Crippen LogP contribution in [0.5, 0.6) is 0 Å². The molecule has 10 heteroatoms. The molecule has 3 aromatic rings. The molecule has 1 aromatic heterocycles. The number of amides is 1. The number of ether oxygens (including phenoxy) is 3. The number of para-hydroxylation sites is 1. The molecule has 2 atom stereocenters. The maximum absolute atomic E-state index is 13.6. The third-order valence-corrected chi connectivity index (χ3v) is 6.38. The van der Waals surface area contributed by atoms with Gasteiger partial charge in [-0.15, -0.1) is 0 Å². The number of hydrogen-bond donors (Lipinski definition) is 2. The lowest BCUT2D eigenvalue weighted by Crippen LogP contribution is -2.34. The average Bonchev–Trinajstić information content (AvgIpc) is 3.15. The number of aliphatic hydroxyl groups excluding tert-OH is 1. The van der Waals surface area contributed by atoms with Crippen LogP contribution in [0.3, 0.4) is 0 Å². The molecule has 0 spiro atoms. The molecule has 1 aliphatic rings. The van der Waals surface area contributed by atoms with Crippen molar-refractivity contribution < 1.29 is 28.5 Å². The molecule has 1 aliphatic heterocycles. The van der Waals surface area contributed by atoms with Gasteiger partial charge in [0.05, 0.1) is 32.1 Å². The van der Waals surface area contributed by atoms with Gasteiger partial charge in [0.25, 0.3) is 11.5 Å². The van der Waals surface area contributed by atoms with E-state index in [0.717, 1.165) is 16.9 Å². The Labute approximate surface area is 220 Å². The highest BCUT2D eigenvalue weighted by molar-refractivity contribution is 5.91. The van der Waals surface area contributed by atoms with Gasteiger partial charge in [-0.1, -0.05) is 30.3 Å². The monoisotopic (exact) mass is 525 g/mol. The Morgan fingerprint density at radius 1 is 1.13 bits per heavy atom. The van der Waals surface area contributed by atoms with Crippen molar-refractivity contribution in [3.05, 3.63) is 99.4 Å². The maximum atomic E-state index is 13.6. The molecule has 2 aromatic carbocycles. The fourth-order valence-corrected chi connectivity index (χ4v) is 4.41. The van der Waals surface area contributed by atoms with Gasteiger partial charge < -0.3 is 24.6 Å². The van der Waals surface area contributed by atoms with Gasteiger partial charge >= 0.3 is 0 Å². The number of aromatic nitrogens is 2. The van der Waals surface area contributed by atoms with Crippen molar-refractivity contribution in [3.8, 4) is 5.69 Å². The standard InChI is InChI=1S/C28H32FN3O6/c1-19-26(28(35)32(31(19)2)23-6-4-3-5-7-23)21-16-24(38-25(17-21)37-15-14-36-13-12-33)27(34)30-18-20-8-10-22(29)11-9-20/h3-11,16,21,25,33H,12-15,17-18H2,1-2H3,(H,30,34)/t21-,25+/m0/s1. The van der Waals surface area contributed by atoms with Gasteiger partial charge in [-0.3, -0.25) is 14.3 Å². The van der Waals surface area contributed by atoms with Crippen LogP contribution < -0.4 is 10.9 Å². The number of aliphatic hydroxyl groups is 1. The van der Waals surface area contributed by atoms with E-state index in [0.29, 0.717) is 12.0 Å². The van der Waals surface area contributed by atoms with Crippen LogP contribution in [0, 0.1) is 12.7 Å². The maximum Gasteiger partial charge on any atom is 0.286 e. The second-order valence-electron chi connectivity index (χ2n) is 8.91. The van der Waals surface area contributed by atoms with Gasteiger partial charge in [0.15, 0.2) is 5.76 Å². The van der Waals surface area contributed by atoms with Crippen LogP contribution in [0.25, 0.3) is 5.69 Å². The molecule has 0 saturated heterocycles. The molecule has 202 valence electrons. The molecule has 9 nitrogen and oxygen atoms in total. The van der Waals surface area contributed by atoms with Crippen molar-refractivity contribution in [1.82, 2.24) is 14.7 Å². The molecule has 1 amide bonds. The Morgan fingerprint density at radius 2 is 1.87 bits per heavy atom. The van der Waals surface area contributed by atoms with Crippen LogP contribution in [-0.4, -0.2) is 53.1 Å². The van der Waals surface area contributed by atoms with E-state index in [1.54, 1.807) is 27.6 Å². The first-order valence-electron chi connectivity index (χ1n) is 12.4. The van der Waals surface area contributed by atoms with Crippen LogP contribution in [-0.2, 0) is 32.6 Å². The molecule has 2 heterocycles. The highest BCUT2D eigenvalue weighted by Crippen LogP contribution is 2.32. The van der Waals surface area contributed by atoms with Gasteiger partial charge in [-0.25, -0.2) is 9.07 Å². The van der Waals surface area contributed by atoms with E-state index in [2.05, 4.69) is 5.32 Å². The largest absolute Gasteiger partial charge is 0.459 e. The first-order valence-corrected chi connectivity index (χ1v) is 12.4. The Hall–Kier alpha value is -3.73. The first kappa shape index (κ1) is 27.3. The van der Waals surface area contributed by atoms with E-state index < -0.39 is 18.1 Å². The van der Waals surface area contributed by atoms with Gasteiger partial charge in [0, 0.05) is 37.2 Å². The van der Waals surface area contributed by atoms with Gasteiger partial charge in [-0.05, 0) is 42.8 Å². The number of carbonyl (C=O) groups is 1. The summed E-state index contributed by atoms with van der Waals surface area (Å²) in [6, 6.07) is 15.2. The Kier molecular flexibility index (Phi) is 9.11. The minimum Gasteiger partial charge on any atom is -0.459 e. The summed E-state index contributed by atoms with van der Waals surface area (Å²) in [6.07, 6.45) is 1.18. The van der Waals surface area contributed by atoms with E-state index in [9.17, 15) is 14.0 Å². The molecular formula is C28H32FN3O6. The molecule has 0 radical (unpaired) electrons. The summed E-state index contributed by atoms with van der Waals surface area (Å²) in [4.78, 5) is 26.7.